The SMILES string of the molecule is C[n+]1ccc(C#CC#CC#CC#CC#Cc2c(F)c(C#CC#CC#CC#CC#Cc3cc[n+](C)cc3)c(F)c(C#CC#CC#CC#CC#Cc3cc[n+](C)cc3)c2F)cc1. The Hall–Kier alpha value is -10.1. The van der Waals surface area contributed by atoms with Gasteiger partial charge in [-0.25, -0.2) is 26.9 Å². The molecule has 0 fully saturated rings. The molecule has 1 aromatic carbocycles. The highest BCUT2D eigenvalue weighted by molar-refractivity contribution is 5.58. The number of nitrogens with zero attached hydrogens (tertiary/aromatic N) is 3. The number of hydrogen-bond donors (Lipinski definition) is 0. The third kappa shape index (κ3) is 15.3. The summed E-state index contributed by atoms with van der Waals surface area (Å²) in [5.41, 5.74) is -0.148. The fraction of sp³-hybridized carbons (Fsp3) is 0.0556. The maximum atomic E-state index is 15.5. The highest BCUT2D eigenvalue weighted by atomic mass is 19.1. The van der Waals surface area contributed by atoms with Crippen molar-refractivity contribution in [3.63, 3.8) is 0 Å². The van der Waals surface area contributed by atoms with E-state index < -0.39 is 34.1 Å². The Balaban J connectivity index is 1.56. The van der Waals surface area contributed by atoms with Crippen LogP contribution in [0.25, 0.3) is 0 Å². The average molecular weight is 769 g/mol. The topological polar surface area (TPSA) is 11.6 Å². The van der Waals surface area contributed by atoms with E-state index in [9.17, 15) is 0 Å². The average Bonchev–Trinajstić information content (AvgIpc) is 3.25. The maximum absolute atomic E-state index is 15.5. The highest BCUT2D eigenvalue weighted by Crippen LogP contribution is 2.24. The normalized spacial score (nSPS) is 7.50. The second kappa shape index (κ2) is 24.3. The molecule has 270 valence electrons. The van der Waals surface area contributed by atoms with Crippen LogP contribution in [0, 0.1) is 195 Å². The molecule has 0 radical (unpaired) electrons. The minimum absolute atomic E-state index is 0.785. The summed E-state index contributed by atoms with van der Waals surface area (Å²) >= 11 is 0. The molecule has 0 amide bonds. The van der Waals surface area contributed by atoms with Crippen LogP contribution in [-0.4, -0.2) is 0 Å². The molecule has 0 N–H and O–H groups in total. The number of halogens is 3. The van der Waals surface area contributed by atoms with Gasteiger partial charge in [0.1, 0.15) is 21.1 Å². The summed E-state index contributed by atoms with van der Waals surface area (Å²) in [5, 5.41) is 0. The lowest BCUT2D eigenvalue weighted by atomic mass is 10.0. The van der Waals surface area contributed by atoms with E-state index in [0.717, 1.165) is 16.7 Å². The van der Waals surface area contributed by atoms with Crippen LogP contribution in [0.5, 0.6) is 0 Å². The first-order valence-corrected chi connectivity index (χ1v) is 16.9. The van der Waals surface area contributed by atoms with Gasteiger partial charge in [-0.3, -0.25) is 0 Å². The first kappa shape index (κ1) is 42.6. The van der Waals surface area contributed by atoms with Crippen molar-refractivity contribution in [3.05, 3.63) is 124 Å². The number of benzene rings is 1. The van der Waals surface area contributed by atoms with Crippen LogP contribution >= 0.6 is 0 Å². The monoisotopic (exact) mass is 768 g/mol. The van der Waals surface area contributed by atoms with Gasteiger partial charge >= 0.3 is 0 Å². The van der Waals surface area contributed by atoms with Crippen molar-refractivity contribution in [2.45, 2.75) is 0 Å². The van der Waals surface area contributed by atoms with Crippen molar-refractivity contribution < 1.29 is 26.9 Å². The molecule has 0 atom stereocenters. The van der Waals surface area contributed by atoms with E-state index in [-0.39, 0.29) is 0 Å². The summed E-state index contributed by atoms with van der Waals surface area (Å²) in [4.78, 5) is 0. The van der Waals surface area contributed by atoms with E-state index in [1.165, 1.54) is 0 Å². The Kier molecular flexibility index (Phi) is 17.3. The van der Waals surface area contributed by atoms with Gasteiger partial charge in [-0.05, 0) is 160 Å². The fourth-order valence-corrected chi connectivity index (χ4v) is 3.90. The Morgan fingerprint density at radius 2 is 0.433 bits per heavy atom. The molecule has 0 spiro atoms. The van der Waals surface area contributed by atoms with Crippen LogP contribution < -0.4 is 13.7 Å². The maximum Gasteiger partial charge on any atom is 0.169 e. The fourth-order valence-electron chi connectivity index (χ4n) is 3.90. The molecule has 3 aromatic heterocycles. The minimum Gasteiger partial charge on any atom is -0.208 e. The summed E-state index contributed by atoms with van der Waals surface area (Å²) in [6, 6.07) is 11.0. The highest BCUT2D eigenvalue weighted by Gasteiger charge is 2.22. The Labute approximate surface area is 348 Å². The first-order valence-electron chi connectivity index (χ1n) is 16.9. The molecule has 0 unspecified atom stereocenters. The third-order valence-electron chi connectivity index (χ3n) is 6.75. The van der Waals surface area contributed by atoms with Crippen molar-refractivity contribution in [2.75, 3.05) is 0 Å². The number of rotatable bonds is 0. The predicted octanol–water partition coefficient (Wildman–Crippen LogP) is 2.82. The van der Waals surface area contributed by atoms with E-state index >= 15 is 13.2 Å². The van der Waals surface area contributed by atoms with E-state index in [1.807, 2.05) is 108 Å². The van der Waals surface area contributed by atoms with E-state index in [0.29, 0.717) is 0 Å². The van der Waals surface area contributed by atoms with Crippen LogP contribution in [0.15, 0.2) is 73.6 Å². The van der Waals surface area contributed by atoms with Gasteiger partial charge in [0.05, 0.1) is 16.7 Å². The van der Waals surface area contributed by atoms with Gasteiger partial charge in [-0.2, -0.15) is 0 Å². The standard InChI is InChI=1S/C54H21F3N3/c1-58-40-34-46(35-41-58)28-22-16-10-4-7-13-19-25-31-49-52(55)50(32-26-20-14-8-5-11-17-23-29-47-36-42-59(2)43-37-47)54(57)51(53(49)56)33-27-21-15-9-6-12-18-24-30-48-38-44-60(3)45-39-48/h34-45H,1-3H3/q+3. The van der Waals surface area contributed by atoms with Crippen molar-refractivity contribution in [2.24, 2.45) is 21.1 Å². The number of pyridine rings is 3. The van der Waals surface area contributed by atoms with Crippen LogP contribution in [0.1, 0.15) is 33.4 Å². The largest absolute Gasteiger partial charge is 0.208 e. The van der Waals surface area contributed by atoms with Crippen LogP contribution in [0.3, 0.4) is 0 Å². The molecule has 0 aliphatic rings. The molecule has 0 saturated heterocycles. The number of aryl methyl sites for hydroxylation is 3. The van der Waals surface area contributed by atoms with Gasteiger partial charge in [0.25, 0.3) is 0 Å². The minimum atomic E-state index is -1.38. The van der Waals surface area contributed by atoms with Gasteiger partial charge in [-0.15, -0.1) is 0 Å². The molecule has 0 saturated carbocycles. The Morgan fingerprint density at radius 1 is 0.267 bits per heavy atom. The summed E-state index contributed by atoms with van der Waals surface area (Å²) in [6.07, 6.45) is 11.1. The van der Waals surface area contributed by atoms with Crippen molar-refractivity contribution in [1.82, 2.24) is 0 Å². The van der Waals surface area contributed by atoms with Gasteiger partial charge < -0.3 is 0 Å². The second-order valence-corrected chi connectivity index (χ2v) is 11.1. The molecular formula is C54H21F3N3+3. The zero-order valence-electron chi connectivity index (χ0n) is 31.9. The predicted molar refractivity (Wildman–Crippen MR) is 220 cm³/mol. The molecule has 0 aliphatic carbocycles. The van der Waals surface area contributed by atoms with Crippen LogP contribution in [-0.2, 0) is 21.1 Å². The zero-order valence-corrected chi connectivity index (χ0v) is 31.9. The van der Waals surface area contributed by atoms with Gasteiger partial charge in [-0.1, -0.05) is 17.8 Å². The molecule has 6 heteroatoms. The molecule has 4 rings (SSSR count). The van der Waals surface area contributed by atoms with Gasteiger partial charge in [0, 0.05) is 53.1 Å². The number of hydrogen-bond acceptors (Lipinski definition) is 0. The lowest BCUT2D eigenvalue weighted by molar-refractivity contribution is -0.671. The summed E-state index contributed by atoms with van der Waals surface area (Å²) in [5.74, 6) is 70.3. The molecule has 0 aliphatic heterocycles. The zero-order chi connectivity index (χ0) is 42.6. The van der Waals surface area contributed by atoms with Gasteiger partial charge in [0.2, 0.25) is 0 Å². The summed E-state index contributed by atoms with van der Waals surface area (Å²) in [7, 11) is 5.67. The van der Waals surface area contributed by atoms with Crippen molar-refractivity contribution >= 4 is 0 Å². The molecule has 0 bridgehead atoms. The number of aromatic nitrogens is 3. The Bertz CT molecular complexity index is 2990. The van der Waals surface area contributed by atoms with Crippen LogP contribution in [0.4, 0.5) is 13.2 Å². The molecule has 3 nitrogen and oxygen atoms in total. The molecule has 60 heavy (non-hydrogen) atoms. The van der Waals surface area contributed by atoms with E-state index in [4.69, 9.17) is 0 Å². The molecule has 3 heterocycles. The van der Waals surface area contributed by atoms with Gasteiger partial charge in [0.15, 0.2) is 54.6 Å². The molecular weight excluding hydrogens is 748 g/mol. The van der Waals surface area contributed by atoms with Crippen molar-refractivity contribution in [1.29, 1.82) is 0 Å². The Morgan fingerprint density at radius 3 is 0.633 bits per heavy atom. The molecule has 4 aromatic rings. The lowest BCUT2D eigenvalue weighted by Gasteiger charge is -2.05. The quantitative estimate of drug-likeness (QED) is 0.193. The third-order valence-corrected chi connectivity index (χ3v) is 6.75. The van der Waals surface area contributed by atoms with E-state index in [1.54, 1.807) is 0 Å². The van der Waals surface area contributed by atoms with Crippen LogP contribution in [0.2, 0.25) is 0 Å². The lowest BCUT2D eigenvalue weighted by Crippen LogP contribution is -2.25. The smallest absolute Gasteiger partial charge is 0.169 e. The van der Waals surface area contributed by atoms with E-state index in [2.05, 4.69) is 178 Å². The summed E-state index contributed by atoms with van der Waals surface area (Å²) in [6.45, 7) is 0. The second-order valence-electron chi connectivity index (χ2n) is 11.1. The van der Waals surface area contributed by atoms with Crippen molar-refractivity contribution in [3.8, 4) is 178 Å². The first-order chi connectivity index (χ1) is 29.3. The summed E-state index contributed by atoms with van der Waals surface area (Å²) < 4.78 is 52.0.